The average Bonchev–Trinajstić information content (AvgIpc) is 2.78. The maximum Gasteiger partial charge on any atom is 0.270 e. The number of carbonyl (C=O) groups is 1. The highest BCUT2D eigenvalue weighted by molar-refractivity contribution is 5.90. The van der Waals surface area contributed by atoms with E-state index in [1.165, 1.54) is 4.68 Å². The van der Waals surface area contributed by atoms with Crippen molar-refractivity contribution >= 4 is 11.6 Å². The highest BCUT2D eigenvalue weighted by Crippen LogP contribution is 2.27. The molecule has 1 aliphatic carbocycles. The number of fused-ring (bicyclic) bond motifs is 1. The summed E-state index contributed by atoms with van der Waals surface area (Å²) in [5.74, 6) is 0.458. The van der Waals surface area contributed by atoms with Crippen LogP contribution in [0.2, 0.25) is 0 Å². The Labute approximate surface area is 175 Å². The van der Waals surface area contributed by atoms with E-state index in [1.54, 1.807) is 24.3 Å². The fraction of sp³-hybridized carbons (Fsp3) is 0.292. The molecule has 0 radical (unpaired) electrons. The molecule has 2 aromatic carbocycles. The van der Waals surface area contributed by atoms with Crippen LogP contribution in [0.4, 0.5) is 5.69 Å². The predicted octanol–water partition coefficient (Wildman–Crippen LogP) is 3.83. The van der Waals surface area contributed by atoms with Crippen LogP contribution in [0.5, 0.6) is 5.75 Å². The first-order valence-corrected chi connectivity index (χ1v) is 10.4. The van der Waals surface area contributed by atoms with Gasteiger partial charge in [-0.05, 0) is 62.4 Å². The molecule has 154 valence electrons. The number of rotatable bonds is 6. The van der Waals surface area contributed by atoms with Gasteiger partial charge in [-0.3, -0.25) is 9.59 Å². The van der Waals surface area contributed by atoms with E-state index >= 15 is 0 Å². The second-order valence-electron chi connectivity index (χ2n) is 7.35. The molecule has 1 aliphatic rings. The molecule has 4 rings (SSSR count). The molecule has 0 fully saturated rings. The number of anilines is 1. The molecule has 1 heterocycles. The quantitative estimate of drug-likeness (QED) is 0.679. The normalized spacial score (nSPS) is 12.8. The Bertz CT molecular complexity index is 1090. The third-order valence-corrected chi connectivity index (χ3v) is 5.26. The van der Waals surface area contributed by atoms with Crippen LogP contribution in [-0.2, 0) is 24.2 Å². The molecule has 6 nitrogen and oxygen atoms in total. The van der Waals surface area contributed by atoms with Gasteiger partial charge in [-0.25, -0.2) is 4.68 Å². The molecule has 1 N–H and O–H groups in total. The van der Waals surface area contributed by atoms with Gasteiger partial charge in [-0.2, -0.15) is 5.10 Å². The second kappa shape index (κ2) is 8.95. The van der Waals surface area contributed by atoms with Crippen molar-refractivity contribution in [2.75, 3.05) is 11.9 Å². The second-order valence-corrected chi connectivity index (χ2v) is 7.35. The van der Waals surface area contributed by atoms with Crippen molar-refractivity contribution in [3.05, 3.63) is 76.1 Å². The van der Waals surface area contributed by atoms with Gasteiger partial charge in [-0.1, -0.05) is 30.3 Å². The summed E-state index contributed by atoms with van der Waals surface area (Å²) in [6.07, 6.45) is 3.62. The zero-order valence-corrected chi connectivity index (χ0v) is 17.1. The van der Waals surface area contributed by atoms with E-state index in [4.69, 9.17) is 4.74 Å². The molecule has 0 saturated heterocycles. The molecule has 0 unspecified atom stereocenters. The van der Waals surface area contributed by atoms with E-state index in [1.807, 2.05) is 37.3 Å². The van der Waals surface area contributed by atoms with Crippen molar-refractivity contribution in [2.45, 2.75) is 39.2 Å². The first-order chi connectivity index (χ1) is 14.7. The Balaban J connectivity index is 1.60. The number of amides is 1. The lowest BCUT2D eigenvalue weighted by Crippen LogP contribution is -2.34. The molecule has 0 atom stereocenters. The minimum atomic E-state index is -0.288. The smallest absolute Gasteiger partial charge is 0.270 e. The van der Waals surface area contributed by atoms with Crippen LogP contribution in [0.3, 0.4) is 0 Å². The number of carbonyl (C=O) groups excluding carboxylic acids is 1. The summed E-state index contributed by atoms with van der Waals surface area (Å²) in [7, 11) is 0. The molecule has 0 aliphatic heterocycles. The highest BCUT2D eigenvalue weighted by Gasteiger charge is 2.22. The average molecular weight is 403 g/mol. The molecular weight excluding hydrogens is 378 g/mol. The maximum absolute atomic E-state index is 13.0. The van der Waals surface area contributed by atoms with Gasteiger partial charge in [0.2, 0.25) is 5.91 Å². The molecular formula is C24H25N3O3. The molecule has 3 aromatic rings. The Morgan fingerprint density at radius 2 is 1.73 bits per heavy atom. The monoisotopic (exact) mass is 403 g/mol. The van der Waals surface area contributed by atoms with E-state index in [2.05, 4.69) is 10.4 Å². The molecule has 0 saturated carbocycles. The van der Waals surface area contributed by atoms with Gasteiger partial charge >= 0.3 is 0 Å². The maximum atomic E-state index is 13.0. The van der Waals surface area contributed by atoms with E-state index < -0.39 is 0 Å². The van der Waals surface area contributed by atoms with E-state index in [0.717, 1.165) is 53.8 Å². The van der Waals surface area contributed by atoms with E-state index in [-0.39, 0.29) is 18.0 Å². The first kappa shape index (κ1) is 19.9. The van der Waals surface area contributed by atoms with Crippen LogP contribution in [-0.4, -0.2) is 22.3 Å². The largest absolute Gasteiger partial charge is 0.494 e. The van der Waals surface area contributed by atoms with Crippen LogP contribution < -0.4 is 15.6 Å². The summed E-state index contributed by atoms with van der Waals surface area (Å²) in [6.45, 7) is 2.38. The lowest BCUT2D eigenvalue weighted by molar-refractivity contribution is -0.117. The number of nitrogens with one attached hydrogen (secondary N) is 1. The van der Waals surface area contributed by atoms with Crippen LogP contribution >= 0.6 is 0 Å². The SMILES string of the molecule is CCOc1ccc(NC(=O)Cn2nc(-c3ccccc3)c3c(c2=O)CCCC3)cc1. The van der Waals surface area contributed by atoms with Crippen LogP contribution in [0, 0.1) is 0 Å². The topological polar surface area (TPSA) is 73.2 Å². The third-order valence-electron chi connectivity index (χ3n) is 5.26. The zero-order valence-electron chi connectivity index (χ0n) is 17.1. The van der Waals surface area contributed by atoms with Crippen molar-refractivity contribution in [2.24, 2.45) is 0 Å². The Hall–Kier alpha value is -3.41. The summed E-state index contributed by atoms with van der Waals surface area (Å²) in [5.41, 5.74) is 4.09. The van der Waals surface area contributed by atoms with Gasteiger partial charge in [-0.15, -0.1) is 0 Å². The minimum Gasteiger partial charge on any atom is -0.494 e. The number of hydrogen-bond acceptors (Lipinski definition) is 4. The van der Waals surface area contributed by atoms with Crippen molar-refractivity contribution in [1.82, 2.24) is 9.78 Å². The third kappa shape index (κ3) is 4.27. The summed E-state index contributed by atoms with van der Waals surface area (Å²) >= 11 is 0. The highest BCUT2D eigenvalue weighted by atomic mass is 16.5. The number of ether oxygens (including phenoxy) is 1. The number of benzene rings is 2. The molecule has 1 aromatic heterocycles. The van der Waals surface area contributed by atoms with E-state index in [9.17, 15) is 9.59 Å². The molecule has 0 bridgehead atoms. The fourth-order valence-corrected chi connectivity index (χ4v) is 3.86. The molecule has 0 spiro atoms. The lowest BCUT2D eigenvalue weighted by atomic mass is 9.90. The van der Waals surface area contributed by atoms with Crippen LogP contribution in [0.25, 0.3) is 11.3 Å². The van der Waals surface area contributed by atoms with Crippen LogP contribution in [0.15, 0.2) is 59.4 Å². The van der Waals surface area contributed by atoms with Gasteiger partial charge in [0, 0.05) is 16.8 Å². The zero-order chi connectivity index (χ0) is 20.9. The van der Waals surface area contributed by atoms with Crippen molar-refractivity contribution < 1.29 is 9.53 Å². The van der Waals surface area contributed by atoms with Crippen molar-refractivity contribution in [3.63, 3.8) is 0 Å². The van der Waals surface area contributed by atoms with Gasteiger partial charge in [0.25, 0.3) is 5.56 Å². The fourth-order valence-electron chi connectivity index (χ4n) is 3.86. The first-order valence-electron chi connectivity index (χ1n) is 10.4. The number of aromatic nitrogens is 2. The van der Waals surface area contributed by atoms with Gasteiger partial charge in [0.15, 0.2) is 0 Å². The molecule has 6 heteroatoms. The summed E-state index contributed by atoms with van der Waals surface area (Å²) in [6, 6.07) is 17.0. The number of nitrogens with zero attached hydrogens (tertiary/aromatic N) is 2. The van der Waals surface area contributed by atoms with Crippen LogP contribution in [0.1, 0.15) is 30.9 Å². The lowest BCUT2D eigenvalue weighted by Gasteiger charge is -2.20. The Morgan fingerprint density at radius 3 is 2.43 bits per heavy atom. The Kier molecular flexibility index (Phi) is 5.93. The van der Waals surface area contributed by atoms with Gasteiger partial charge < -0.3 is 10.1 Å². The van der Waals surface area contributed by atoms with Crippen molar-refractivity contribution in [3.8, 4) is 17.0 Å². The predicted molar refractivity (Wildman–Crippen MR) is 117 cm³/mol. The summed E-state index contributed by atoms with van der Waals surface area (Å²) < 4.78 is 6.72. The van der Waals surface area contributed by atoms with Gasteiger partial charge in [0.05, 0.1) is 12.3 Å². The Morgan fingerprint density at radius 1 is 1.03 bits per heavy atom. The van der Waals surface area contributed by atoms with Gasteiger partial charge in [0.1, 0.15) is 12.3 Å². The standard InChI is InChI=1S/C24H25N3O3/c1-2-30-19-14-12-18(13-15-19)25-22(28)16-27-24(29)21-11-7-6-10-20(21)23(26-27)17-8-4-3-5-9-17/h3-5,8-9,12-15H,2,6-7,10-11,16H2,1H3,(H,25,28). The molecule has 1 amide bonds. The molecule has 30 heavy (non-hydrogen) atoms. The van der Waals surface area contributed by atoms with E-state index in [0.29, 0.717) is 12.3 Å². The minimum absolute atomic E-state index is 0.126. The van der Waals surface area contributed by atoms with Crippen molar-refractivity contribution in [1.29, 1.82) is 0 Å². The summed E-state index contributed by atoms with van der Waals surface area (Å²) in [4.78, 5) is 25.6. The summed E-state index contributed by atoms with van der Waals surface area (Å²) in [5, 5.41) is 7.43. The number of hydrogen-bond donors (Lipinski definition) is 1.